The fourth-order valence-corrected chi connectivity index (χ4v) is 3.83. The molecule has 1 aromatic heterocycles. The minimum absolute atomic E-state index is 0.0419. The number of aromatic nitrogens is 1. The Bertz CT molecular complexity index is 796. The molecule has 8 heteroatoms. The Morgan fingerprint density at radius 2 is 2.29 bits per heavy atom. The summed E-state index contributed by atoms with van der Waals surface area (Å²) in [4.78, 5) is 15.9. The number of carbonyl (C=O) groups excluding carboxylic acids is 1. The van der Waals surface area contributed by atoms with Crippen LogP contribution in [0.15, 0.2) is 22.6 Å². The molecule has 1 aliphatic heterocycles. The van der Waals surface area contributed by atoms with Crippen molar-refractivity contribution < 1.29 is 22.4 Å². The Labute approximate surface area is 121 Å². The van der Waals surface area contributed by atoms with Crippen molar-refractivity contribution in [3.63, 3.8) is 0 Å². The quantitative estimate of drug-likeness (QED) is 0.814. The summed E-state index contributed by atoms with van der Waals surface area (Å²) >= 11 is 0. The Morgan fingerprint density at radius 3 is 3.00 bits per heavy atom. The van der Waals surface area contributed by atoms with Gasteiger partial charge in [-0.1, -0.05) is 6.07 Å². The molecule has 0 aliphatic carbocycles. The molecule has 0 bridgehead atoms. The third-order valence-electron chi connectivity index (χ3n) is 3.44. The summed E-state index contributed by atoms with van der Waals surface area (Å²) in [5.41, 5.74) is 0.944. The number of nitrogens with zero attached hydrogens (tertiary/aromatic N) is 1. The van der Waals surface area contributed by atoms with E-state index in [-0.39, 0.29) is 23.8 Å². The first-order valence-corrected chi connectivity index (χ1v) is 8.14. The van der Waals surface area contributed by atoms with E-state index in [1.165, 1.54) is 7.11 Å². The van der Waals surface area contributed by atoms with Crippen LogP contribution in [0.25, 0.3) is 11.1 Å². The first-order valence-electron chi connectivity index (χ1n) is 6.43. The molecule has 1 aliphatic rings. The maximum Gasteiger partial charge on any atom is 0.340 e. The van der Waals surface area contributed by atoms with Crippen LogP contribution in [0.4, 0.5) is 0 Å². The van der Waals surface area contributed by atoms with Crippen molar-refractivity contribution in [3.05, 3.63) is 29.7 Å². The summed E-state index contributed by atoms with van der Waals surface area (Å²) in [5, 5.41) is 2.18. The van der Waals surface area contributed by atoms with E-state index < -0.39 is 21.1 Å². The number of fused-ring (bicyclic) bond motifs is 1. The van der Waals surface area contributed by atoms with Crippen LogP contribution in [-0.2, 0) is 14.6 Å². The Balaban J connectivity index is 2.11. The third kappa shape index (κ3) is 2.40. The molecule has 2 aromatic rings. The lowest BCUT2D eigenvalue weighted by Gasteiger charge is -2.20. The van der Waals surface area contributed by atoms with Gasteiger partial charge >= 0.3 is 5.97 Å². The third-order valence-corrected chi connectivity index (χ3v) is 5.45. The van der Waals surface area contributed by atoms with E-state index >= 15 is 0 Å². The van der Waals surface area contributed by atoms with Crippen LogP contribution in [0.2, 0.25) is 0 Å². The van der Waals surface area contributed by atoms with Gasteiger partial charge < -0.3 is 14.5 Å². The van der Waals surface area contributed by atoms with E-state index in [4.69, 9.17) is 4.42 Å². The van der Waals surface area contributed by atoms with Crippen LogP contribution in [0.3, 0.4) is 0 Å². The number of oxazole rings is 1. The number of hydrogen-bond acceptors (Lipinski definition) is 7. The lowest BCUT2D eigenvalue weighted by molar-refractivity contribution is 0.0602. The van der Waals surface area contributed by atoms with Crippen molar-refractivity contribution >= 4 is 26.9 Å². The molecule has 0 saturated carbocycles. The van der Waals surface area contributed by atoms with Crippen molar-refractivity contribution in [2.24, 2.45) is 0 Å². The molecule has 1 N–H and O–H groups in total. The van der Waals surface area contributed by atoms with Gasteiger partial charge in [0.05, 0.1) is 18.4 Å². The fraction of sp³-hybridized carbons (Fsp3) is 0.385. The van der Waals surface area contributed by atoms with E-state index in [0.29, 0.717) is 17.6 Å². The number of esters is 1. The van der Waals surface area contributed by atoms with E-state index in [2.05, 4.69) is 15.0 Å². The first kappa shape index (κ1) is 14.0. The zero-order valence-electron chi connectivity index (χ0n) is 11.3. The SMILES string of the molecule is COC(=O)c1cccc2oc(C3CNCCS3(=O)=O)nc12. The molecule has 1 unspecified atom stereocenters. The van der Waals surface area contributed by atoms with Crippen molar-refractivity contribution in [2.45, 2.75) is 5.25 Å². The smallest absolute Gasteiger partial charge is 0.340 e. The number of methoxy groups -OCH3 is 1. The van der Waals surface area contributed by atoms with Crippen molar-refractivity contribution in [3.8, 4) is 0 Å². The van der Waals surface area contributed by atoms with Crippen molar-refractivity contribution in [1.82, 2.24) is 10.3 Å². The van der Waals surface area contributed by atoms with Gasteiger partial charge in [-0.15, -0.1) is 0 Å². The van der Waals surface area contributed by atoms with Crippen LogP contribution in [0.5, 0.6) is 0 Å². The van der Waals surface area contributed by atoms with E-state index in [1.54, 1.807) is 18.2 Å². The fourth-order valence-electron chi connectivity index (χ4n) is 2.34. The van der Waals surface area contributed by atoms with Gasteiger partial charge in [-0.25, -0.2) is 18.2 Å². The standard InChI is InChI=1S/C13H14N2O5S/c1-19-13(16)8-3-2-4-9-11(8)15-12(20-9)10-7-14-5-6-21(10,17)18/h2-4,10,14H,5-7H2,1H3. The lowest BCUT2D eigenvalue weighted by atomic mass is 10.2. The number of hydrogen-bond donors (Lipinski definition) is 1. The Morgan fingerprint density at radius 1 is 1.48 bits per heavy atom. The summed E-state index contributed by atoms with van der Waals surface area (Å²) in [5.74, 6) is -0.390. The minimum Gasteiger partial charge on any atom is -0.465 e. The first-order chi connectivity index (χ1) is 10.0. The number of sulfone groups is 1. The molecule has 1 fully saturated rings. The summed E-state index contributed by atoms with van der Waals surface area (Å²) in [6.45, 7) is 0.676. The maximum absolute atomic E-state index is 12.1. The largest absolute Gasteiger partial charge is 0.465 e. The second-order valence-electron chi connectivity index (χ2n) is 4.76. The van der Waals surface area contributed by atoms with Gasteiger partial charge in [-0.2, -0.15) is 0 Å². The number of ether oxygens (including phenoxy) is 1. The van der Waals surface area contributed by atoms with E-state index in [1.807, 2.05) is 0 Å². The molecule has 3 rings (SSSR count). The van der Waals surface area contributed by atoms with E-state index in [0.717, 1.165) is 0 Å². The van der Waals surface area contributed by atoms with Gasteiger partial charge in [0.1, 0.15) is 10.8 Å². The average Bonchev–Trinajstić information content (AvgIpc) is 2.89. The monoisotopic (exact) mass is 310 g/mol. The van der Waals surface area contributed by atoms with Gasteiger partial charge in [0.15, 0.2) is 15.4 Å². The van der Waals surface area contributed by atoms with Crippen LogP contribution < -0.4 is 5.32 Å². The predicted octanol–water partition coefficient (Wildman–Crippen LogP) is 0.673. The second kappa shape index (κ2) is 5.12. The van der Waals surface area contributed by atoms with Gasteiger partial charge in [-0.3, -0.25) is 0 Å². The highest BCUT2D eigenvalue weighted by molar-refractivity contribution is 7.91. The van der Waals surface area contributed by atoms with Gasteiger partial charge in [0, 0.05) is 13.1 Å². The average molecular weight is 310 g/mol. The summed E-state index contributed by atoms with van der Waals surface area (Å²) < 4.78 is 34.4. The van der Waals surface area contributed by atoms with Crippen molar-refractivity contribution in [1.29, 1.82) is 0 Å². The number of para-hydroxylation sites is 1. The lowest BCUT2D eigenvalue weighted by Crippen LogP contribution is -2.38. The van der Waals surface area contributed by atoms with Crippen LogP contribution in [0.1, 0.15) is 21.5 Å². The Kier molecular flexibility index (Phi) is 3.42. The summed E-state index contributed by atoms with van der Waals surface area (Å²) in [6, 6.07) is 4.84. The maximum atomic E-state index is 12.1. The molecule has 0 spiro atoms. The van der Waals surface area contributed by atoms with Crippen LogP contribution in [0, 0.1) is 0 Å². The van der Waals surface area contributed by atoms with Crippen LogP contribution in [-0.4, -0.2) is 45.3 Å². The predicted molar refractivity (Wildman–Crippen MR) is 74.7 cm³/mol. The summed E-state index contributed by atoms with van der Waals surface area (Å²) in [7, 11) is -2.02. The number of rotatable bonds is 2. The zero-order chi connectivity index (χ0) is 15.0. The number of carbonyl (C=O) groups is 1. The van der Waals surface area contributed by atoms with Crippen LogP contribution >= 0.6 is 0 Å². The van der Waals surface area contributed by atoms with Crippen molar-refractivity contribution in [2.75, 3.05) is 26.0 Å². The normalized spacial score (nSPS) is 21.3. The highest BCUT2D eigenvalue weighted by atomic mass is 32.2. The highest BCUT2D eigenvalue weighted by Gasteiger charge is 2.34. The minimum atomic E-state index is -3.30. The molecule has 21 heavy (non-hydrogen) atoms. The molecular formula is C13H14N2O5S. The van der Waals surface area contributed by atoms with Gasteiger partial charge in [0.25, 0.3) is 0 Å². The molecule has 1 saturated heterocycles. The van der Waals surface area contributed by atoms with Gasteiger partial charge in [0.2, 0.25) is 5.89 Å². The molecule has 2 heterocycles. The zero-order valence-corrected chi connectivity index (χ0v) is 12.1. The molecule has 7 nitrogen and oxygen atoms in total. The molecule has 0 amide bonds. The number of benzene rings is 1. The molecule has 0 radical (unpaired) electrons. The summed E-state index contributed by atoms with van der Waals surface area (Å²) in [6.07, 6.45) is 0. The molecular weight excluding hydrogens is 296 g/mol. The molecule has 112 valence electrons. The molecule has 1 aromatic carbocycles. The van der Waals surface area contributed by atoms with E-state index in [9.17, 15) is 13.2 Å². The Hall–Kier alpha value is -1.93. The topological polar surface area (TPSA) is 98.5 Å². The highest BCUT2D eigenvalue weighted by Crippen LogP contribution is 2.29. The molecule has 1 atom stereocenters. The second-order valence-corrected chi connectivity index (χ2v) is 7.06. The number of nitrogens with one attached hydrogen (secondary N) is 1. The van der Waals surface area contributed by atoms with Gasteiger partial charge in [-0.05, 0) is 12.1 Å².